The van der Waals surface area contributed by atoms with Gasteiger partial charge in [-0.05, 0) is 6.92 Å². The zero-order chi connectivity index (χ0) is 11.6. The van der Waals surface area contributed by atoms with Gasteiger partial charge in [0.2, 0.25) is 0 Å². The van der Waals surface area contributed by atoms with Gasteiger partial charge in [0.1, 0.15) is 5.76 Å². The van der Waals surface area contributed by atoms with E-state index in [1.165, 1.54) is 0 Å². The standard InChI is InChI=1S/C10H15NO4/c1-5-14-8(12)6-7(10(2,3)4)15-9(13)11-6/h5H2,1-4H3,(H,11,13). The molecule has 0 aromatic carbocycles. The molecule has 1 aromatic heterocycles. The lowest BCUT2D eigenvalue weighted by molar-refractivity contribution is 0.0515. The number of ether oxygens (including phenoxy) is 1. The molecule has 0 atom stereocenters. The predicted molar refractivity (Wildman–Crippen MR) is 54.0 cm³/mol. The number of H-pyrrole nitrogens is 1. The summed E-state index contributed by atoms with van der Waals surface area (Å²) in [5.41, 5.74) is -0.310. The van der Waals surface area contributed by atoms with Crippen molar-refractivity contribution in [2.75, 3.05) is 6.61 Å². The lowest BCUT2D eigenvalue weighted by Crippen LogP contribution is -2.17. The van der Waals surface area contributed by atoms with Gasteiger partial charge in [-0.3, -0.25) is 4.98 Å². The zero-order valence-corrected chi connectivity index (χ0v) is 9.34. The molecule has 0 amide bonds. The van der Waals surface area contributed by atoms with E-state index in [1.54, 1.807) is 6.92 Å². The van der Waals surface area contributed by atoms with E-state index in [9.17, 15) is 9.59 Å². The van der Waals surface area contributed by atoms with Gasteiger partial charge >= 0.3 is 11.7 Å². The molecule has 0 aliphatic rings. The molecule has 15 heavy (non-hydrogen) atoms. The molecule has 0 aliphatic carbocycles. The number of carbonyl (C=O) groups is 1. The number of esters is 1. The number of carbonyl (C=O) groups excluding carboxylic acids is 1. The molecule has 5 nitrogen and oxygen atoms in total. The third-order valence-corrected chi connectivity index (χ3v) is 1.81. The molecule has 5 heteroatoms. The quantitative estimate of drug-likeness (QED) is 0.754. The fourth-order valence-electron chi connectivity index (χ4n) is 1.20. The second kappa shape index (κ2) is 3.92. The molecule has 1 N–H and O–H groups in total. The van der Waals surface area contributed by atoms with Crippen LogP contribution in [0.15, 0.2) is 9.21 Å². The van der Waals surface area contributed by atoms with E-state index < -0.39 is 17.1 Å². The summed E-state index contributed by atoms with van der Waals surface area (Å²) in [6, 6.07) is 0. The number of aromatic amines is 1. The van der Waals surface area contributed by atoms with Crippen LogP contribution in [-0.2, 0) is 10.2 Å². The molecular formula is C10H15NO4. The van der Waals surface area contributed by atoms with Crippen LogP contribution >= 0.6 is 0 Å². The van der Waals surface area contributed by atoms with Crippen molar-refractivity contribution in [3.8, 4) is 0 Å². The lowest BCUT2D eigenvalue weighted by atomic mass is 9.92. The third-order valence-electron chi connectivity index (χ3n) is 1.81. The largest absolute Gasteiger partial charge is 0.461 e. The summed E-state index contributed by atoms with van der Waals surface area (Å²) in [6.07, 6.45) is 0. The molecule has 0 bridgehead atoms. The van der Waals surface area contributed by atoms with Gasteiger partial charge < -0.3 is 9.15 Å². The Morgan fingerprint density at radius 3 is 2.53 bits per heavy atom. The van der Waals surface area contributed by atoms with Gasteiger partial charge in [-0.2, -0.15) is 0 Å². The Kier molecular flexibility index (Phi) is 3.02. The minimum atomic E-state index is -0.636. The maximum absolute atomic E-state index is 11.5. The number of hydrogen-bond donors (Lipinski definition) is 1. The number of aromatic nitrogens is 1. The van der Waals surface area contributed by atoms with E-state index in [4.69, 9.17) is 9.15 Å². The molecule has 0 radical (unpaired) electrons. The smallest absolute Gasteiger partial charge is 0.417 e. The summed E-state index contributed by atoms with van der Waals surface area (Å²) < 4.78 is 9.74. The highest BCUT2D eigenvalue weighted by molar-refractivity contribution is 5.88. The molecule has 0 saturated carbocycles. The van der Waals surface area contributed by atoms with Gasteiger partial charge in [-0.25, -0.2) is 9.59 Å². The molecule has 84 valence electrons. The Hall–Kier alpha value is -1.52. The van der Waals surface area contributed by atoms with E-state index in [0.29, 0.717) is 5.76 Å². The molecule has 0 saturated heterocycles. The Bertz CT molecular complexity index is 408. The molecule has 0 unspecified atom stereocenters. The van der Waals surface area contributed by atoms with Crippen molar-refractivity contribution in [2.45, 2.75) is 33.1 Å². The lowest BCUT2D eigenvalue weighted by Gasteiger charge is -2.15. The molecule has 0 spiro atoms. The Balaban J connectivity index is 3.18. The van der Waals surface area contributed by atoms with Crippen molar-refractivity contribution < 1.29 is 13.9 Å². The van der Waals surface area contributed by atoms with E-state index >= 15 is 0 Å². The van der Waals surface area contributed by atoms with Crippen LogP contribution in [0.2, 0.25) is 0 Å². The second-order valence-electron chi connectivity index (χ2n) is 4.19. The summed E-state index contributed by atoms with van der Waals surface area (Å²) in [5.74, 6) is -0.873. The van der Waals surface area contributed by atoms with Crippen LogP contribution in [0.5, 0.6) is 0 Å². The fraction of sp³-hybridized carbons (Fsp3) is 0.600. The summed E-state index contributed by atoms with van der Waals surface area (Å²) in [7, 11) is 0. The first-order valence-corrected chi connectivity index (χ1v) is 4.77. The molecule has 0 aliphatic heterocycles. The zero-order valence-electron chi connectivity index (χ0n) is 9.34. The number of nitrogens with one attached hydrogen (secondary N) is 1. The van der Waals surface area contributed by atoms with E-state index in [1.807, 2.05) is 20.8 Å². The molecule has 1 heterocycles. The average Bonchev–Trinajstić information content (AvgIpc) is 2.47. The van der Waals surface area contributed by atoms with Crippen LogP contribution in [0.25, 0.3) is 0 Å². The Morgan fingerprint density at radius 1 is 1.47 bits per heavy atom. The summed E-state index contributed by atoms with van der Waals surface area (Å²) in [4.78, 5) is 24.8. The van der Waals surface area contributed by atoms with Gasteiger partial charge in [0, 0.05) is 5.41 Å². The topological polar surface area (TPSA) is 72.3 Å². The van der Waals surface area contributed by atoms with Crippen LogP contribution < -0.4 is 5.76 Å². The monoisotopic (exact) mass is 213 g/mol. The van der Waals surface area contributed by atoms with Crippen LogP contribution in [0, 0.1) is 0 Å². The van der Waals surface area contributed by atoms with Crippen LogP contribution in [0.3, 0.4) is 0 Å². The van der Waals surface area contributed by atoms with E-state index in [2.05, 4.69) is 4.98 Å². The van der Waals surface area contributed by atoms with Gasteiger partial charge in [0.05, 0.1) is 6.61 Å². The predicted octanol–water partition coefficient (Wildman–Crippen LogP) is 1.44. The number of hydrogen-bond acceptors (Lipinski definition) is 4. The van der Waals surface area contributed by atoms with Crippen molar-refractivity contribution in [1.29, 1.82) is 0 Å². The van der Waals surface area contributed by atoms with E-state index in [-0.39, 0.29) is 12.3 Å². The van der Waals surface area contributed by atoms with Gasteiger partial charge in [0.25, 0.3) is 0 Å². The van der Waals surface area contributed by atoms with Gasteiger partial charge in [0.15, 0.2) is 5.69 Å². The summed E-state index contributed by atoms with van der Waals surface area (Å²) in [6.45, 7) is 7.51. The maximum atomic E-state index is 11.5. The third kappa shape index (κ3) is 2.49. The molecular weight excluding hydrogens is 198 g/mol. The van der Waals surface area contributed by atoms with Gasteiger partial charge in [-0.1, -0.05) is 20.8 Å². The van der Waals surface area contributed by atoms with Crippen LogP contribution in [-0.4, -0.2) is 17.6 Å². The highest BCUT2D eigenvalue weighted by atomic mass is 16.5. The molecule has 1 rings (SSSR count). The number of rotatable bonds is 2. The number of oxazole rings is 1. The molecule has 1 aromatic rings. The highest BCUT2D eigenvalue weighted by Crippen LogP contribution is 2.24. The highest BCUT2D eigenvalue weighted by Gasteiger charge is 2.28. The van der Waals surface area contributed by atoms with Crippen molar-refractivity contribution in [3.05, 3.63) is 22.0 Å². The summed E-state index contributed by atoms with van der Waals surface area (Å²) >= 11 is 0. The van der Waals surface area contributed by atoms with Crippen LogP contribution in [0.1, 0.15) is 43.9 Å². The van der Waals surface area contributed by atoms with Crippen molar-refractivity contribution >= 4 is 5.97 Å². The Morgan fingerprint density at radius 2 is 2.07 bits per heavy atom. The average molecular weight is 213 g/mol. The van der Waals surface area contributed by atoms with Crippen molar-refractivity contribution in [3.63, 3.8) is 0 Å². The summed E-state index contributed by atoms with van der Waals surface area (Å²) in [5, 5.41) is 0. The van der Waals surface area contributed by atoms with Gasteiger partial charge in [-0.15, -0.1) is 0 Å². The minimum absolute atomic E-state index is 0.106. The fourth-order valence-corrected chi connectivity index (χ4v) is 1.20. The minimum Gasteiger partial charge on any atom is -0.461 e. The first-order chi connectivity index (χ1) is 6.86. The SMILES string of the molecule is CCOC(=O)c1[nH]c(=O)oc1C(C)(C)C. The Labute approximate surface area is 87.4 Å². The molecule has 0 fully saturated rings. The normalized spacial score (nSPS) is 11.5. The van der Waals surface area contributed by atoms with Crippen molar-refractivity contribution in [2.24, 2.45) is 0 Å². The maximum Gasteiger partial charge on any atom is 0.417 e. The van der Waals surface area contributed by atoms with Crippen molar-refractivity contribution in [1.82, 2.24) is 4.98 Å². The second-order valence-corrected chi connectivity index (χ2v) is 4.19. The first kappa shape index (κ1) is 11.6. The van der Waals surface area contributed by atoms with E-state index in [0.717, 1.165) is 0 Å². The van der Waals surface area contributed by atoms with Crippen LogP contribution in [0.4, 0.5) is 0 Å². The first-order valence-electron chi connectivity index (χ1n) is 4.77.